The fraction of sp³-hybridized carbons (Fsp3) is 1.00. The third-order valence-corrected chi connectivity index (χ3v) is 4.71. The highest BCUT2D eigenvalue weighted by molar-refractivity contribution is 6.31. The Morgan fingerprint density at radius 1 is 0.647 bits per heavy atom. The third-order valence-electron chi connectivity index (χ3n) is 2.11. The molecule has 0 spiro atoms. The van der Waals surface area contributed by atoms with Gasteiger partial charge in [-0.05, 0) is 12.8 Å². The zero-order chi connectivity index (χ0) is 13.3. The largest absolute Gasteiger partial charge is 0.378 e. The van der Waals surface area contributed by atoms with Crippen LogP contribution in [0.3, 0.4) is 0 Å². The van der Waals surface area contributed by atoms with E-state index in [1.165, 1.54) is 0 Å². The van der Waals surface area contributed by atoms with Gasteiger partial charge in [0.25, 0.3) is 0 Å². The molecule has 104 valence electrons. The molecule has 0 aromatic rings. The molecule has 4 atom stereocenters. The van der Waals surface area contributed by atoms with E-state index in [-0.39, 0.29) is 21.5 Å². The van der Waals surface area contributed by atoms with Crippen LogP contribution in [0.15, 0.2) is 0 Å². The highest BCUT2D eigenvalue weighted by Crippen LogP contribution is 2.18. The van der Waals surface area contributed by atoms with Crippen molar-refractivity contribution in [2.24, 2.45) is 0 Å². The molecule has 0 fully saturated rings. The van der Waals surface area contributed by atoms with Gasteiger partial charge >= 0.3 is 0 Å². The molecule has 0 bridgehead atoms. The zero-order valence-corrected chi connectivity index (χ0v) is 13.8. The topological polar surface area (TPSA) is 9.23 Å². The molecule has 0 rings (SSSR count). The van der Waals surface area contributed by atoms with Crippen LogP contribution in [-0.4, -0.2) is 46.5 Å². The van der Waals surface area contributed by atoms with E-state index >= 15 is 0 Å². The van der Waals surface area contributed by atoms with E-state index in [1.54, 1.807) is 0 Å². The van der Waals surface area contributed by atoms with Crippen molar-refractivity contribution in [3.63, 3.8) is 0 Å². The van der Waals surface area contributed by atoms with Gasteiger partial charge in [-0.15, -0.1) is 69.6 Å². The minimum absolute atomic E-state index is 0.197. The summed E-state index contributed by atoms with van der Waals surface area (Å²) in [6.45, 7) is 0.667. The summed E-state index contributed by atoms with van der Waals surface area (Å²) in [4.78, 5) is 0. The van der Waals surface area contributed by atoms with Crippen molar-refractivity contribution in [1.82, 2.24) is 0 Å². The fourth-order valence-electron chi connectivity index (χ4n) is 1.07. The average molecular weight is 365 g/mol. The van der Waals surface area contributed by atoms with Crippen molar-refractivity contribution in [3.8, 4) is 0 Å². The predicted molar refractivity (Wildman–Crippen MR) is 80.1 cm³/mol. The number of alkyl halides is 6. The minimum Gasteiger partial charge on any atom is -0.378 e. The summed E-state index contributed by atoms with van der Waals surface area (Å²) in [7, 11) is 0. The summed E-state index contributed by atoms with van der Waals surface area (Å²) in [5.74, 6) is 0.962. The van der Waals surface area contributed by atoms with Crippen LogP contribution in [-0.2, 0) is 4.74 Å². The Morgan fingerprint density at radius 3 is 1.29 bits per heavy atom. The molecule has 0 saturated heterocycles. The minimum atomic E-state index is -0.277. The molecule has 0 amide bonds. The molecule has 1 nitrogen and oxygen atoms in total. The molecule has 0 N–H and O–H groups in total. The first-order valence-electron chi connectivity index (χ1n) is 5.28. The molecular weight excluding hydrogens is 349 g/mol. The van der Waals surface area contributed by atoms with Gasteiger partial charge in [-0.2, -0.15) is 0 Å². The van der Waals surface area contributed by atoms with Crippen molar-refractivity contribution in [2.45, 2.75) is 34.3 Å². The van der Waals surface area contributed by atoms with Gasteiger partial charge in [0.15, 0.2) is 0 Å². The van der Waals surface area contributed by atoms with Crippen LogP contribution >= 0.6 is 69.6 Å². The van der Waals surface area contributed by atoms with Crippen LogP contribution in [0.2, 0.25) is 0 Å². The van der Waals surface area contributed by atoms with Crippen molar-refractivity contribution < 1.29 is 4.74 Å². The fourth-order valence-corrected chi connectivity index (χ4v) is 2.56. The molecule has 0 radical (unpaired) electrons. The maximum atomic E-state index is 6.02. The average Bonchev–Trinajstić information content (AvgIpc) is 2.29. The van der Waals surface area contributed by atoms with Crippen molar-refractivity contribution in [1.29, 1.82) is 0 Å². The van der Waals surface area contributed by atoms with Crippen LogP contribution in [0.5, 0.6) is 0 Å². The lowest BCUT2D eigenvalue weighted by molar-refractivity contribution is 0.132. The quantitative estimate of drug-likeness (QED) is 0.511. The van der Waals surface area contributed by atoms with Crippen LogP contribution in [0, 0.1) is 0 Å². The van der Waals surface area contributed by atoms with E-state index in [2.05, 4.69) is 0 Å². The van der Waals surface area contributed by atoms with Gasteiger partial charge < -0.3 is 4.74 Å². The van der Waals surface area contributed by atoms with Crippen LogP contribution in [0.25, 0.3) is 0 Å². The molecular formula is C10H16Cl6O. The number of halogens is 6. The smallest absolute Gasteiger partial charge is 0.0733 e. The highest BCUT2D eigenvalue weighted by Gasteiger charge is 2.19. The zero-order valence-electron chi connectivity index (χ0n) is 9.23. The van der Waals surface area contributed by atoms with Gasteiger partial charge in [0.05, 0.1) is 34.7 Å². The first-order valence-corrected chi connectivity index (χ1v) is 8.10. The molecule has 17 heavy (non-hydrogen) atoms. The second-order valence-corrected chi connectivity index (χ2v) is 6.56. The van der Waals surface area contributed by atoms with Crippen LogP contribution in [0.4, 0.5) is 0 Å². The monoisotopic (exact) mass is 362 g/mol. The SMILES string of the molecule is ClCCC(Cl)C(Cl)COCC(Cl)C(Cl)CCCl. The Balaban J connectivity index is 3.68. The van der Waals surface area contributed by atoms with Crippen molar-refractivity contribution in [3.05, 3.63) is 0 Å². The molecule has 4 unspecified atom stereocenters. The summed E-state index contributed by atoms with van der Waals surface area (Å²) in [5.41, 5.74) is 0. The van der Waals surface area contributed by atoms with E-state index < -0.39 is 0 Å². The standard InChI is InChI=1S/C10H16Cl6O/c11-3-1-7(13)9(15)5-17-6-10(16)8(14)2-4-12/h7-10H,1-6H2. The molecule has 0 aromatic heterocycles. The van der Waals surface area contributed by atoms with Crippen LogP contribution in [0.1, 0.15) is 12.8 Å². The molecule has 0 aliphatic carbocycles. The number of hydrogen-bond acceptors (Lipinski definition) is 1. The molecule has 0 saturated carbocycles. The van der Waals surface area contributed by atoms with Gasteiger partial charge in [0, 0.05) is 11.8 Å². The number of rotatable bonds is 10. The first-order chi connectivity index (χ1) is 8.02. The van der Waals surface area contributed by atoms with E-state index in [4.69, 9.17) is 74.3 Å². The highest BCUT2D eigenvalue weighted by atomic mass is 35.5. The summed E-state index contributed by atoms with van der Waals surface area (Å²) in [5, 5.41) is -0.947. The van der Waals surface area contributed by atoms with Crippen LogP contribution < -0.4 is 0 Å². The summed E-state index contributed by atoms with van der Waals surface area (Å²) in [6, 6.07) is 0. The number of ether oxygens (including phenoxy) is 1. The Morgan fingerprint density at radius 2 is 1.00 bits per heavy atom. The summed E-state index contributed by atoms with van der Waals surface area (Å²) >= 11 is 35.1. The maximum absolute atomic E-state index is 6.02. The normalized spacial score (nSPS) is 18.7. The van der Waals surface area contributed by atoms with Gasteiger partial charge in [0.2, 0.25) is 0 Å². The molecule has 7 heteroatoms. The van der Waals surface area contributed by atoms with Gasteiger partial charge in [-0.3, -0.25) is 0 Å². The van der Waals surface area contributed by atoms with Gasteiger partial charge in [-0.25, -0.2) is 0 Å². The molecule has 0 aliphatic heterocycles. The lowest BCUT2D eigenvalue weighted by atomic mass is 10.2. The van der Waals surface area contributed by atoms with Gasteiger partial charge in [-0.1, -0.05) is 0 Å². The Labute approximate surface area is 133 Å². The van der Waals surface area contributed by atoms with Crippen molar-refractivity contribution >= 4 is 69.6 Å². The summed E-state index contributed by atoms with van der Waals surface area (Å²) in [6.07, 6.45) is 1.30. The van der Waals surface area contributed by atoms with Gasteiger partial charge in [0.1, 0.15) is 0 Å². The molecule has 0 aliphatic rings. The van der Waals surface area contributed by atoms with Crippen molar-refractivity contribution in [2.75, 3.05) is 25.0 Å². The Hall–Kier alpha value is 1.70. The van der Waals surface area contributed by atoms with E-state index in [1.807, 2.05) is 0 Å². The third kappa shape index (κ3) is 9.27. The van der Waals surface area contributed by atoms with E-state index in [0.717, 1.165) is 0 Å². The van der Waals surface area contributed by atoms with E-state index in [9.17, 15) is 0 Å². The van der Waals surface area contributed by atoms with E-state index in [0.29, 0.717) is 37.8 Å². The molecule has 0 aromatic carbocycles. The second-order valence-electron chi connectivity index (χ2n) is 3.56. The second kappa shape index (κ2) is 11.5. The Bertz CT molecular complexity index is 164. The Kier molecular flexibility index (Phi) is 12.7. The molecule has 0 heterocycles. The lowest BCUT2D eigenvalue weighted by Gasteiger charge is -2.18. The maximum Gasteiger partial charge on any atom is 0.0733 e. The first kappa shape index (κ1) is 18.7. The number of hydrogen-bond donors (Lipinski definition) is 0. The predicted octanol–water partition coefficient (Wildman–Crippen LogP) is 4.69. The summed E-state index contributed by atoms with van der Waals surface area (Å²) < 4.78 is 5.37. The lowest BCUT2D eigenvalue weighted by Crippen LogP contribution is -2.26.